The number of hydrogen-bond donors (Lipinski definition) is 2. The highest BCUT2D eigenvalue weighted by Crippen LogP contribution is 2.38. The summed E-state index contributed by atoms with van der Waals surface area (Å²) in [5, 5.41) is 13.9. The van der Waals surface area contributed by atoms with Crippen LogP contribution in [0.25, 0.3) is 0 Å². The van der Waals surface area contributed by atoms with Crippen molar-refractivity contribution in [2.24, 2.45) is 0 Å². The van der Waals surface area contributed by atoms with Crippen molar-refractivity contribution in [1.82, 2.24) is 5.32 Å². The maximum absolute atomic E-state index is 13.0. The summed E-state index contributed by atoms with van der Waals surface area (Å²) in [7, 11) is 1.21. The molecule has 0 aromatic heterocycles. The number of carbonyl (C=O) groups excluding carboxylic acids is 1. The molecule has 0 aromatic carbocycles. The molecule has 3 atom stereocenters. The van der Waals surface area contributed by atoms with Gasteiger partial charge in [-0.25, -0.2) is 0 Å². The van der Waals surface area contributed by atoms with Crippen molar-refractivity contribution in [1.29, 1.82) is 0 Å². The van der Waals surface area contributed by atoms with E-state index >= 15 is 0 Å². The molecule has 0 aliphatic rings. The standard InChI is InChI=1S/C75H127N2O6P/c1-6-8-10-12-14-16-18-20-22-24-26-28-30-31-32-33-34-35-36-37-38-39-40-41-42-43-44-45-47-49-51-53-55-57-59-61-63-65-67-69-75(79)76-73(72-83-84(80,81)82-71-70-77(3,4)5)74(78)68-66-64-62-60-58-56-54-52-50-48-46-29-27-25-23-21-19-17-15-13-11-9-7-2/h8,10,14,16,20,22,26,28,31-32,34-35,37-38,40-41,43-44,47,49,53,55,59,61,66,68,73-74,78H,6-7,9,11-13,15,17-19,21,23-25,27,29-30,33,36,39,42,45-46,48,50-52,54,56-58,60,62-65,67,69-72H2,1-5H3,(H-,76,79,80,81)/b10-8-,16-14-,22-20-,28-26-,32-31-,35-34-,38-37-,41-40-,44-43-,49-47-,55-53-,61-59-,68-66+. The Morgan fingerprint density at radius 3 is 1.06 bits per heavy atom. The Morgan fingerprint density at radius 1 is 0.429 bits per heavy atom. The number of phosphoric acid groups is 1. The van der Waals surface area contributed by atoms with E-state index in [1.807, 2.05) is 27.2 Å². The monoisotopic (exact) mass is 1180 g/mol. The van der Waals surface area contributed by atoms with Gasteiger partial charge in [-0.2, -0.15) is 0 Å². The lowest BCUT2D eigenvalue weighted by atomic mass is 10.0. The fraction of sp³-hybridized carbons (Fsp3) is 0.640. The third kappa shape index (κ3) is 65.7. The first-order valence-corrected chi connectivity index (χ1v) is 35.3. The van der Waals surface area contributed by atoms with Crippen LogP contribution in [0.5, 0.6) is 0 Å². The summed E-state index contributed by atoms with van der Waals surface area (Å²) in [6, 6.07) is -0.923. The molecule has 0 aliphatic carbocycles. The summed E-state index contributed by atoms with van der Waals surface area (Å²) in [5.74, 6) is -0.244. The number of aliphatic hydroxyl groups is 1. The number of likely N-dealkylation sites (N-methyl/N-ethyl adjacent to an activating group) is 1. The fourth-order valence-electron chi connectivity index (χ4n) is 9.02. The number of aliphatic hydroxyl groups excluding tert-OH is 1. The van der Waals surface area contributed by atoms with Gasteiger partial charge in [0.1, 0.15) is 13.2 Å². The van der Waals surface area contributed by atoms with Gasteiger partial charge in [-0.05, 0) is 109 Å². The van der Waals surface area contributed by atoms with Crippen molar-refractivity contribution < 1.29 is 32.9 Å². The largest absolute Gasteiger partial charge is 0.756 e. The predicted molar refractivity (Wildman–Crippen MR) is 366 cm³/mol. The summed E-state index contributed by atoms with van der Waals surface area (Å²) in [5.41, 5.74) is 0. The first-order chi connectivity index (χ1) is 41.0. The van der Waals surface area contributed by atoms with Crippen LogP contribution in [0.2, 0.25) is 0 Å². The van der Waals surface area contributed by atoms with Crippen molar-refractivity contribution in [2.75, 3.05) is 40.9 Å². The van der Waals surface area contributed by atoms with Gasteiger partial charge in [-0.1, -0.05) is 300 Å². The number of nitrogens with zero attached hydrogens (tertiary/aromatic N) is 1. The minimum absolute atomic E-state index is 0.0177. The van der Waals surface area contributed by atoms with E-state index in [0.29, 0.717) is 17.4 Å². The Bertz CT molecular complexity index is 1930. The fourth-order valence-corrected chi connectivity index (χ4v) is 9.74. The van der Waals surface area contributed by atoms with Gasteiger partial charge in [0.05, 0.1) is 39.9 Å². The van der Waals surface area contributed by atoms with Gasteiger partial charge in [-0.15, -0.1) is 0 Å². The molecule has 3 unspecified atom stereocenters. The molecule has 0 bridgehead atoms. The second-order valence-electron chi connectivity index (χ2n) is 23.4. The number of amides is 1. The normalized spacial score (nSPS) is 14.7. The highest BCUT2D eigenvalue weighted by Gasteiger charge is 2.23. The summed E-state index contributed by atoms with van der Waals surface area (Å²) in [6.07, 6.45) is 99.2. The molecule has 0 radical (unpaired) electrons. The van der Waals surface area contributed by atoms with E-state index in [4.69, 9.17) is 9.05 Å². The molecule has 478 valence electrons. The quantitative estimate of drug-likeness (QED) is 0.0272. The van der Waals surface area contributed by atoms with Crippen LogP contribution >= 0.6 is 7.82 Å². The number of unbranched alkanes of at least 4 members (excludes halogenated alkanes) is 23. The molecule has 0 fully saturated rings. The van der Waals surface area contributed by atoms with E-state index in [1.165, 1.54) is 122 Å². The first-order valence-electron chi connectivity index (χ1n) is 33.8. The third-order valence-electron chi connectivity index (χ3n) is 14.2. The van der Waals surface area contributed by atoms with Gasteiger partial charge in [0.2, 0.25) is 5.91 Å². The number of allylic oxidation sites excluding steroid dienone is 25. The lowest BCUT2D eigenvalue weighted by molar-refractivity contribution is -0.870. The van der Waals surface area contributed by atoms with Crippen LogP contribution in [-0.4, -0.2) is 68.5 Å². The summed E-state index contributed by atoms with van der Waals surface area (Å²) < 4.78 is 23.4. The van der Waals surface area contributed by atoms with E-state index in [2.05, 4.69) is 165 Å². The van der Waals surface area contributed by atoms with E-state index in [0.717, 1.165) is 109 Å². The van der Waals surface area contributed by atoms with Crippen molar-refractivity contribution in [3.05, 3.63) is 158 Å². The van der Waals surface area contributed by atoms with Gasteiger partial charge in [0.15, 0.2) is 0 Å². The van der Waals surface area contributed by atoms with Gasteiger partial charge < -0.3 is 28.8 Å². The summed E-state index contributed by atoms with van der Waals surface area (Å²) in [4.78, 5) is 25.6. The lowest BCUT2D eigenvalue weighted by Crippen LogP contribution is -2.45. The molecule has 0 heterocycles. The van der Waals surface area contributed by atoms with Crippen molar-refractivity contribution >= 4 is 13.7 Å². The van der Waals surface area contributed by atoms with Gasteiger partial charge >= 0.3 is 0 Å². The molecular formula is C75H127N2O6P. The minimum Gasteiger partial charge on any atom is -0.756 e. The number of phosphoric ester groups is 1. The van der Waals surface area contributed by atoms with Crippen LogP contribution in [0.3, 0.4) is 0 Å². The van der Waals surface area contributed by atoms with E-state index in [1.54, 1.807) is 6.08 Å². The second kappa shape index (κ2) is 63.6. The summed E-state index contributed by atoms with van der Waals surface area (Å²) in [6.45, 7) is 4.50. The molecule has 0 rings (SSSR count). The Balaban J connectivity index is 4.26. The van der Waals surface area contributed by atoms with Crippen LogP contribution in [0.4, 0.5) is 0 Å². The van der Waals surface area contributed by atoms with Crippen LogP contribution in [0.1, 0.15) is 258 Å². The third-order valence-corrected chi connectivity index (χ3v) is 15.2. The zero-order chi connectivity index (χ0) is 61.2. The topological polar surface area (TPSA) is 108 Å². The smallest absolute Gasteiger partial charge is 0.268 e. The highest BCUT2D eigenvalue weighted by molar-refractivity contribution is 7.45. The average Bonchev–Trinajstić information content (AvgIpc) is 3.56. The average molecular weight is 1180 g/mol. The van der Waals surface area contributed by atoms with Crippen LogP contribution in [0.15, 0.2) is 158 Å². The molecule has 0 saturated carbocycles. The molecular weight excluding hydrogens is 1060 g/mol. The molecule has 8 nitrogen and oxygen atoms in total. The van der Waals surface area contributed by atoms with Crippen LogP contribution in [0, 0.1) is 0 Å². The minimum atomic E-state index is -4.63. The predicted octanol–water partition coefficient (Wildman–Crippen LogP) is 21.1. The molecule has 0 aromatic rings. The Hall–Kier alpha value is -3.88. The molecule has 84 heavy (non-hydrogen) atoms. The first kappa shape index (κ1) is 80.1. The van der Waals surface area contributed by atoms with Gasteiger partial charge in [-0.3, -0.25) is 9.36 Å². The maximum atomic E-state index is 13.0. The van der Waals surface area contributed by atoms with Gasteiger partial charge in [0, 0.05) is 6.42 Å². The summed E-state index contributed by atoms with van der Waals surface area (Å²) >= 11 is 0. The van der Waals surface area contributed by atoms with Crippen molar-refractivity contribution in [3.8, 4) is 0 Å². The zero-order valence-corrected chi connectivity index (χ0v) is 55.4. The Morgan fingerprint density at radius 2 is 0.726 bits per heavy atom. The second-order valence-corrected chi connectivity index (χ2v) is 24.9. The number of hydrogen-bond acceptors (Lipinski definition) is 6. The molecule has 0 aliphatic heterocycles. The Kier molecular flexibility index (Phi) is 60.7. The molecule has 1 amide bonds. The van der Waals surface area contributed by atoms with Gasteiger partial charge in [0.25, 0.3) is 7.82 Å². The number of rotatable bonds is 60. The zero-order valence-electron chi connectivity index (χ0n) is 54.5. The molecule has 9 heteroatoms. The molecule has 0 spiro atoms. The maximum Gasteiger partial charge on any atom is 0.268 e. The molecule has 2 N–H and O–H groups in total. The van der Waals surface area contributed by atoms with E-state index in [9.17, 15) is 19.4 Å². The lowest BCUT2D eigenvalue weighted by Gasteiger charge is -2.29. The van der Waals surface area contributed by atoms with E-state index < -0.39 is 26.6 Å². The highest BCUT2D eigenvalue weighted by atomic mass is 31.2. The Labute approximate surface area is 518 Å². The van der Waals surface area contributed by atoms with Crippen LogP contribution < -0.4 is 10.2 Å². The number of quaternary nitrogens is 1. The van der Waals surface area contributed by atoms with Crippen molar-refractivity contribution in [3.63, 3.8) is 0 Å². The number of carbonyl (C=O) groups is 1. The van der Waals surface area contributed by atoms with Crippen LogP contribution in [-0.2, 0) is 18.4 Å². The van der Waals surface area contributed by atoms with Crippen molar-refractivity contribution in [2.45, 2.75) is 270 Å². The molecule has 0 saturated heterocycles. The number of nitrogens with one attached hydrogen (secondary N) is 1. The SMILES string of the molecule is CC/C=C\C/C=C\C/C=C\C/C=C\C/C=C\C/C=C\C/C=C\C/C=C\C/C=C\C/C=C\C/C=C\C/C=C\CCCCC(=O)NC(COP(=O)([O-])OCC[N+](C)(C)C)C(O)/C=C/CCCCCCCCCCCCCCCCCCCCCCC. The van der Waals surface area contributed by atoms with E-state index in [-0.39, 0.29) is 18.9 Å².